The molecule has 4 nitrogen and oxygen atoms in total. The van der Waals surface area contributed by atoms with Gasteiger partial charge >= 0.3 is 5.97 Å². The number of benzene rings is 2. The molecule has 1 aromatic heterocycles. The first-order chi connectivity index (χ1) is 12.6. The van der Waals surface area contributed by atoms with Crippen LogP contribution in [0.25, 0.3) is 22.3 Å². The van der Waals surface area contributed by atoms with Gasteiger partial charge in [0.25, 0.3) is 0 Å². The summed E-state index contributed by atoms with van der Waals surface area (Å²) < 4.78 is 11.7. The average molecular weight is 364 g/mol. The Balaban J connectivity index is 2.33. The van der Waals surface area contributed by atoms with E-state index in [1.165, 1.54) is 0 Å². The second-order valence-corrected chi connectivity index (χ2v) is 8.05. The Labute approximate surface area is 158 Å². The van der Waals surface area contributed by atoms with Crippen molar-refractivity contribution >= 4 is 16.9 Å². The Hall–Kier alpha value is -2.88. The van der Waals surface area contributed by atoms with Gasteiger partial charge in [-0.1, -0.05) is 35.9 Å². The van der Waals surface area contributed by atoms with Crippen molar-refractivity contribution in [3.8, 4) is 17.1 Å². The summed E-state index contributed by atoms with van der Waals surface area (Å²) in [4.78, 5) is 25.7. The van der Waals surface area contributed by atoms with Gasteiger partial charge in [0.2, 0.25) is 11.2 Å². The number of hydrogen-bond acceptors (Lipinski definition) is 4. The van der Waals surface area contributed by atoms with Gasteiger partial charge in [-0.25, -0.2) is 0 Å². The summed E-state index contributed by atoms with van der Waals surface area (Å²) >= 11 is 0. The lowest BCUT2D eigenvalue weighted by atomic mass is 9.97. The van der Waals surface area contributed by atoms with Crippen LogP contribution in [-0.2, 0) is 4.79 Å². The summed E-state index contributed by atoms with van der Waals surface area (Å²) in [6.07, 6.45) is 0. The summed E-state index contributed by atoms with van der Waals surface area (Å²) in [5.41, 5.74) is 2.98. The van der Waals surface area contributed by atoms with E-state index in [9.17, 15) is 9.59 Å². The molecule has 0 saturated carbocycles. The van der Waals surface area contributed by atoms with Crippen molar-refractivity contribution < 1.29 is 13.9 Å². The fraction of sp³-hybridized carbons (Fsp3) is 0.304. The van der Waals surface area contributed by atoms with E-state index < -0.39 is 11.4 Å². The molecule has 4 heteroatoms. The standard InChI is InChI=1S/C23H24O4/c1-13-7-9-16(10-8-13)20-21(27-22(25)23(4,5)6)19(24)18-15(3)11-14(2)12-17(18)26-20/h7-12H,1-6H3. The molecule has 3 rings (SSSR count). The maximum atomic E-state index is 13.2. The molecule has 1 heterocycles. The summed E-state index contributed by atoms with van der Waals surface area (Å²) in [5, 5.41) is 0.438. The van der Waals surface area contributed by atoms with E-state index in [1.54, 1.807) is 20.8 Å². The van der Waals surface area contributed by atoms with Crippen molar-refractivity contribution in [2.75, 3.05) is 0 Å². The molecule has 0 saturated heterocycles. The molecule has 3 aromatic rings. The lowest BCUT2D eigenvalue weighted by Gasteiger charge is -2.18. The van der Waals surface area contributed by atoms with Crippen LogP contribution in [0.3, 0.4) is 0 Å². The number of rotatable bonds is 2. The average Bonchev–Trinajstić information content (AvgIpc) is 2.56. The summed E-state index contributed by atoms with van der Waals surface area (Å²) in [6.45, 7) is 11.0. The molecule has 0 atom stereocenters. The fourth-order valence-electron chi connectivity index (χ4n) is 2.91. The Morgan fingerprint density at radius 2 is 1.59 bits per heavy atom. The number of esters is 1. The minimum absolute atomic E-state index is 0.0572. The van der Waals surface area contributed by atoms with Crippen molar-refractivity contribution in [1.82, 2.24) is 0 Å². The Morgan fingerprint density at radius 1 is 0.963 bits per heavy atom. The van der Waals surface area contributed by atoms with Gasteiger partial charge in [0.15, 0.2) is 5.76 Å². The van der Waals surface area contributed by atoms with Crippen LogP contribution in [-0.4, -0.2) is 5.97 Å². The Kier molecular flexibility index (Phi) is 4.68. The van der Waals surface area contributed by atoms with Crippen molar-refractivity contribution in [3.05, 3.63) is 63.3 Å². The molecule has 0 radical (unpaired) electrons. The molecule has 27 heavy (non-hydrogen) atoms. The molecule has 0 spiro atoms. The summed E-state index contributed by atoms with van der Waals surface area (Å²) in [7, 11) is 0. The number of carbonyl (C=O) groups is 1. The van der Waals surface area contributed by atoms with E-state index >= 15 is 0 Å². The predicted molar refractivity (Wildman–Crippen MR) is 107 cm³/mol. The Morgan fingerprint density at radius 3 is 2.19 bits per heavy atom. The van der Waals surface area contributed by atoms with Gasteiger partial charge in [-0.05, 0) is 58.7 Å². The number of carbonyl (C=O) groups excluding carboxylic acids is 1. The van der Waals surface area contributed by atoms with Gasteiger partial charge in [0.05, 0.1) is 10.8 Å². The SMILES string of the molecule is Cc1ccc(-c2oc3cc(C)cc(C)c3c(=O)c2OC(=O)C(C)(C)C)cc1. The highest BCUT2D eigenvalue weighted by atomic mass is 16.5. The first-order valence-corrected chi connectivity index (χ1v) is 8.95. The van der Waals surface area contributed by atoms with Gasteiger partial charge in [0, 0.05) is 5.56 Å². The van der Waals surface area contributed by atoms with Crippen LogP contribution in [0.15, 0.2) is 45.6 Å². The smallest absolute Gasteiger partial charge is 0.316 e. The van der Waals surface area contributed by atoms with Gasteiger partial charge in [-0.15, -0.1) is 0 Å². The molecule has 0 aliphatic rings. The third-order valence-corrected chi connectivity index (χ3v) is 4.42. The maximum absolute atomic E-state index is 13.2. The lowest BCUT2D eigenvalue weighted by molar-refractivity contribution is -0.143. The molecule has 0 fully saturated rings. The monoisotopic (exact) mass is 364 g/mol. The minimum atomic E-state index is -0.742. The minimum Gasteiger partial charge on any atom is -0.452 e. The first kappa shape index (κ1) is 18.9. The first-order valence-electron chi connectivity index (χ1n) is 8.95. The molecule has 0 aliphatic heterocycles. The van der Waals surface area contributed by atoms with Crippen LogP contribution in [0.5, 0.6) is 5.75 Å². The van der Waals surface area contributed by atoms with E-state index in [0.29, 0.717) is 16.5 Å². The molecule has 2 aromatic carbocycles. The van der Waals surface area contributed by atoms with Crippen LogP contribution in [0, 0.1) is 26.2 Å². The van der Waals surface area contributed by atoms with Crippen molar-refractivity contribution in [3.63, 3.8) is 0 Å². The second kappa shape index (κ2) is 6.69. The highest BCUT2D eigenvalue weighted by Gasteiger charge is 2.28. The van der Waals surface area contributed by atoms with Crippen molar-refractivity contribution in [1.29, 1.82) is 0 Å². The number of aryl methyl sites for hydroxylation is 3. The fourth-order valence-corrected chi connectivity index (χ4v) is 2.91. The number of fused-ring (bicyclic) bond motifs is 1. The normalized spacial score (nSPS) is 11.6. The van der Waals surface area contributed by atoms with E-state index in [1.807, 2.05) is 57.2 Å². The van der Waals surface area contributed by atoms with E-state index in [2.05, 4.69) is 0 Å². The highest BCUT2D eigenvalue weighted by molar-refractivity contribution is 5.87. The molecule has 0 bridgehead atoms. The van der Waals surface area contributed by atoms with Gasteiger partial charge in [-0.2, -0.15) is 0 Å². The van der Waals surface area contributed by atoms with Crippen LogP contribution < -0.4 is 10.2 Å². The van der Waals surface area contributed by atoms with Crippen molar-refractivity contribution in [2.24, 2.45) is 5.41 Å². The van der Waals surface area contributed by atoms with E-state index in [4.69, 9.17) is 9.15 Å². The highest BCUT2D eigenvalue weighted by Crippen LogP contribution is 2.33. The molecule has 140 valence electrons. The van der Waals surface area contributed by atoms with Crippen LogP contribution in [0.1, 0.15) is 37.5 Å². The maximum Gasteiger partial charge on any atom is 0.316 e. The third kappa shape index (κ3) is 3.65. The van der Waals surface area contributed by atoms with Crippen LogP contribution in [0.2, 0.25) is 0 Å². The second-order valence-electron chi connectivity index (χ2n) is 8.05. The van der Waals surface area contributed by atoms with E-state index in [-0.39, 0.29) is 16.9 Å². The largest absolute Gasteiger partial charge is 0.452 e. The summed E-state index contributed by atoms with van der Waals surface area (Å²) in [5.74, 6) is -0.263. The topological polar surface area (TPSA) is 56.5 Å². The number of ether oxygens (including phenoxy) is 1. The molecular weight excluding hydrogens is 340 g/mol. The lowest BCUT2D eigenvalue weighted by Crippen LogP contribution is -2.28. The molecular formula is C23H24O4. The molecule has 0 amide bonds. The third-order valence-electron chi connectivity index (χ3n) is 4.42. The zero-order valence-electron chi connectivity index (χ0n) is 16.6. The quantitative estimate of drug-likeness (QED) is 0.576. The van der Waals surface area contributed by atoms with Gasteiger partial charge in [0.1, 0.15) is 5.58 Å². The van der Waals surface area contributed by atoms with Crippen LogP contribution in [0.4, 0.5) is 0 Å². The van der Waals surface area contributed by atoms with Gasteiger partial charge in [-0.3, -0.25) is 9.59 Å². The van der Waals surface area contributed by atoms with Gasteiger partial charge < -0.3 is 9.15 Å². The van der Waals surface area contributed by atoms with E-state index in [0.717, 1.165) is 16.7 Å². The number of hydrogen-bond donors (Lipinski definition) is 0. The molecule has 0 aliphatic carbocycles. The van der Waals surface area contributed by atoms with Crippen molar-refractivity contribution in [2.45, 2.75) is 41.5 Å². The van der Waals surface area contributed by atoms with Crippen LogP contribution >= 0.6 is 0 Å². The zero-order chi connectivity index (χ0) is 19.9. The molecule has 0 unspecified atom stereocenters. The predicted octanol–water partition coefficient (Wildman–Crippen LogP) is 5.34. The zero-order valence-corrected chi connectivity index (χ0v) is 16.6. The Bertz CT molecular complexity index is 1080. The molecule has 0 N–H and O–H groups in total. The summed E-state index contributed by atoms with van der Waals surface area (Å²) in [6, 6.07) is 11.3.